The van der Waals surface area contributed by atoms with E-state index >= 15 is 0 Å². The van der Waals surface area contributed by atoms with E-state index in [1.54, 1.807) is 4.90 Å². The lowest BCUT2D eigenvalue weighted by Crippen LogP contribution is -2.33. The first-order valence-electron chi connectivity index (χ1n) is 3.08. The molecule has 1 fully saturated rings. The zero-order chi connectivity index (χ0) is 6.85. The van der Waals surface area contributed by atoms with Crippen LogP contribution in [0.4, 0.5) is 4.79 Å². The second-order valence-electron chi connectivity index (χ2n) is 2.46. The molecule has 1 aliphatic heterocycles. The fourth-order valence-electron chi connectivity index (χ4n) is 0.984. The van der Waals surface area contributed by atoms with Crippen LogP contribution in [0.2, 0.25) is 0 Å². The van der Waals surface area contributed by atoms with E-state index < -0.39 is 0 Å². The van der Waals surface area contributed by atoms with Gasteiger partial charge < -0.3 is 10.6 Å². The van der Waals surface area contributed by atoms with E-state index in [0.29, 0.717) is 5.92 Å². The number of primary amides is 1. The van der Waals surface area contributed by atoms with Crippen LogP contribution in [0, 0.1) is 12.3 Å². The minimum Gasteiger partial charge on any atom is -0.351 e. The van der Waals surface area contributed by atoms with Crippen LogP contribution in [-0.2, 0) is 0 Å². The molecule has 1 unspecified atom stereocenters. The Labute approximate surface area is 54.8 Å². The van der Waals surface area contributed by atoms with E-state index in [9.17, 15) is 4.79 Å². The van der Waals surface area contributed by atoms with Crippen molar-refractivity contribution in [2.75, 3.05) is 13.1 Å². The molecule has 1 saturated heterocycles. The van der Waals surface area contributed by atoms with Crippen LogP contribution in [0.3, 0.4) is 0 Å². The molecule has 3 heteroatoms. The number of likely N-dealkylation sites (tertiary alicyclic amines) is 1. The molecule has 1 heterocycles. The second-order valence-corrected chi connectivity index (χ2v) is 2.46. The van der Waals surface area contributed by atoms with Crippen LogP contribution in [0.5, 0.6) is 0 Å². The highest BCUT2D eigenvalue weighted by molar-refractivity contribution is 5.72. The van der Waals surface area contributed by atoms with Gasteiger partial charge in [0.15, 0.2) is 0 Å². The van der Waals surface area contributed by atoms with Gasteiger partial charge in [-0.25, -0.2) is 4.79 Å². The summed E-state index contributed by atoms with van der Waals surface area (Å²) in [7, 11) is 0. The highest BCUT2D eigenvalue weighted by Crippen LogP contribution is 2.12. The lowest BCUT2D eigenvalue weighted by Gasteiger charge is -2.10. The molecule has 0 aromatic heterocycles. The maximum Gasteiger partial charge on any atom is 0.314 e. The molecule has 2 N–H and O–H groups in total. The summed E-state index contributed by atoms with van der Waals surface area (Å²) in [6, 6.07) is -0.310. The number of carbonyl (C=O) groups excluding carboxylic acids is 1. The van der Waals surface area contributed by atoms with Gasteiger partial charge in [-0.3, -0.25) is 0 Å². The number of rotatable bonds is 0. The molecule has 3 nitrogen and oxygen atoms in total. The Bertz CT molecular complexity index is 124. The predicted octanol–water partition coefficient (Wildman–Crippen LogP) is 0.221. The lowest BCUT2D eigenvalue weighted by molar-refractivity contribution is 0.217. The molecule has 0 aromatic rings. The molecule has 2 amide bonds. The van der Waals surface area contributed by atoms with E-state index in [1.807, 2.05) is 0 Å². The van der Waals surface area contributed by atoms with Crippen LogP contribution >= 0.6 is 0 Å². The van der Waals surface area contributed by atoms with Crippen molar-refractivity contribution in [1.29, 1.82) is 0 Å². The molecule has 9 heavy (non-hydrogen) atoms. The van der Waals surface area contributed by atoms with Crippen molar-refractivity contribution in [2.45, 2.75) is 6.92 Å². The lowest BCUT2D eigenvalue weighted by atomic mass is 10.2. The van der Waals surface area contributed by atoms with Crippen LogP contribution in [-0.4, -0.2) is 24.0 Å². The number of urea groups is 1. The largest absolute Gasteiger partial charge is 0.351 e. The Kier molecular flexibility index (Phi) is 1.60. The Hall–Kier alpha value is -0.730. The average molecular weight is 127 g/mol. The monoisotopic (exact) mass is 127 g/mol. The summed E-state index contributed by atoms with van der Waals surface area (Å²) in [5.74, 6) is 0.512. The summed E-state index contributed by atoms with van der Waals surface area (Å²) in [6.07, 6.45) is 2.09. The standard InChI is InChI=1S/C6H11N2O/c1-5-2-3-8(4-5)6(7)9/h2,5H,3-4H2,1H3,(H2,7,9). The Morgan fingerprint density at radius 3 is 2.78 bits per heavy atom. The van der Waals surface area contributed by atoms with E-state index in [2.05, 4.69) is 13.3 Å². The van der Waals surface area contributed by atoms with Gasteiger partial charge in [-0.2, -0.15) is 0 Å². The van der Waals surface area contributed by atoms with E-state index in [1.165, 1.54) is 0 Å². The number of nitrogens with zero attached hydrogens (tertiary/aromatic N) is 1. The second kappa shape index (κ2) is 2.25. The number of hydrogen-bond acceptors (Lipinski definition) is 1. The van der Waals surface area contributed by atoms with Crippen molar-refractivity contribution < 1.29 is 4.79 Å². The van der Waals surface area contributed by atoms with Gasteiger partial charge in [0.1, 0.15) is 0 Å². The van der Waals surface area contributed by atoms with Crippen molar-refractivity contribution in [3.05, 3.63) is 6.42 Å². The molecule has 0 aromatic carbocycles. The maximum absolute atomic E-state index is 10.5. The van der Waals surface area contributed by atoms with Crippen molar-refractivity contribution >= 4 is 6.03 Å². The van der Waals surface area contributed by atoms with Crippen LogP contribution in [0.25, 0.3) is 0 Å². The normalized spacial score (nSPS) is 26.8. The van der Waals surface area contributed by atoms with Crippen LogP contribution in [0.1, 0.15) is 6.92 Å². The smallest absolute Gasteiger partial charge is 0.314 e. The highest BCUT2D eigenvalue weighted by Gasteiger charge is 2.20. The first-order valence-corrected chi connectivity index (χ1v) is 3.08. The third kappa shape index (κ3) is 1.34. The van der Waals surface area contributed by atoms with Crippen molar-refractivity contribution in [3.63, 3.8) is 0 Å². The van der Waals surface area contributed by atoms with Crippen molar-refractivity contribution in [2.24, 2.45) is 11.7 Å². The Morgan fingerprint density at radius 1 is 1.89 bits per heavy atom. The third-order valence-corrected chi connectivity index (χ3v) is 1.55. The van der Waals surface area contributed by atoms with Gasteiger partial charge in [0.2, 0.25) is 0 Å². The maximum atomic E-state index is 10.5. The highest BCUT2D eigenvalue weighted by atomic mass is 16.2. The topological polar surface area (TPSA) is 46.3 Å². The average Bonchev–Trinajstić information content (AvgIpc) is 2.14. The first-order chi connectivity index (χ1) is 4.20. The Morgan fingerprint density at radius 2 is 2.56 bits per heavy atom. The Balaban J connectivity index is 2.39. The molecule has 0 saturated carbocycles. The minimum absolute atomic E-state index is 0.310. The fraction of sp³-hybridized carbons (Fsp3) is 0.667. The molecule has 0 spiro atoms. The van der Waals surface area contributed by atoms with Gasteiger partial charge in [-0.1, -0.05) is 6.92 Å². The van der Waals surface area contributed by atoms with Gasteiger partial charge in [0.05, 0.1) is 0 Å². The molecule has 1 aliphatic rings. The quantitative estimate of drug-likeness (QED) is 0.497. The molecule has 0 aliphatic carbocycles. The van der Waals surface area contributed by atoms with Gasteiger partial charge in [0, 0.05) is 13.1 Å². The van der Waals surface area contributed by atoms with Crippen molar-refractivity contribution in [3.8, 4) is 0 Å². The first kappa shape index (κ1) is 6.39. The van der Waals surface area contributed by atoms with Crippen LogP contribution < -0.4 is 5.73 Å². The van der Waals surface area contributed by atoms with E-state index in [4.69, 9.17) is 5.73 Å². The molecule has 51 valence electrons. The summed E-state index contributed by atoms with van der Waals surface area (Å²) in [4.78, 5) is 12.1. The summed E-state index contributed by atoms with van der Waals surface area (Å²) in [6.45, 7) is 3.58. The van der Waals surface area contributed by atoms with Gasteiger partial charge in [-0.15, -0.1) is 0 Å². The minimum atomic E-state index is -0.310. The predicted molar refractivity (Wildman–Crippen MR) is 34.6 cm³/mol. The summed E-state index contributed by atoms with van der Waals surface area (Å²) >= 11 is 0. The summed E-state index contributed by atoms with van der Waals surface area (Å²) in [5, 5.41) is 0. The number of amides is 2. The van der Waals surface area contributed by atoms with Gasteiger partial charge in [0.25, 0.3) is 0 Å². The zero-order valence-corrected chi connectivity index (χ0v) is 5.50. The van der Waals surface area contributed by atoms with Crippen LogP contribution in [0.15, 0.2) is 0 Å². The number of hydrogen-bond donors (Lipinski definition) is 1. The van der Waals surface area contributed by atoms with E-state index in [0.717, 1.165) is 13.1 Å². The summed E-state index contributed by atoms with van der Waals surface area (Å²) in [5.41, 5.74) is 5.03. The molecule has 1 rings (SSSR count). The molecule has 0 bridgehead atoms. The van der Waals surface area contributed by atoms with E-state index in [-0.39, 0.29) is 6.03 Å². The van der Waals surface area contributed by atoms with Gasteiger partial charge in [-0.05, 0) is 12.3 Å². The molecular formula is C6H11N2O. The number of carbonyl (C=O) groups is 1. The zero-order valence-electron chi connectivity index (χ0n) is 5.50. The molecule has 1 radical (unpaired) electrons. The summed E-state index contributed by atoms with van der Waals surface area (Å²) < 4.78 is 0. The SMILES string of the molecule is CC1[CH]CN(C(N)=O)C1. The van der Waals surface area contributed by atoms with Gasteiger partial charge >= 0.3 is 6.03 Å². The number of nitrogens with two attached hydrogens (primary N) is 1. The van der Waals surface area contributed by atoms with Crippen molar-refractivity contribution in [1.82, 2.24) is 4.90 Å². The molecular weight excluding hydrogens is 116 g/mol. The third-order valence-electron chi connectivity index (χ3n) is 1.55. The fourth-order valence-corrected chi connectivity index (χ4v) is 0.984. The molecule has 1 atom stereocenters.